The lowest BCUT2D eigenvalue weighted by molar-refractivity contribution is 0.0466. The number of carbonyl (C=O) groups excluding carboxylic acids is 1. The number of piperidine rings is 1. The topological polar surface area (TPSA) is 41.6 Å². The monoisotopic (exact) mass is 200 g/mol. The van der Waals surface area contributed by atoms with Gasteiger partial charge in [-0.3, -0.25) is 0 Å². The number of nitrogens with zero attached hydrogens (tertiary/aromatic N) is 1. The number of carbonyl (C=O) groups is 1. The molecule has 4 heteroatoms. The summed E-state index contributed by atoms with van der Waals surface area (Å²) in [5.41, 5.74) is 2.69. The van der Waals surface area contributed by atoms with Crippen LogP contribution in [0.2, 0.25) is 0 Å². The van der Waals surface area contributed by atoms with Gasteiger partial charge >= 0.3 is 6.09 Å². The maximum atomic E-state index is 11.4. The fourth-order valence-electron chi connectivity index (χ4n) is 1.41. The minimum atomic E-state index is -0.231. The number of rotatable bonds is 3. The SMILES string of the molecule is CC(C)CNOC(=O)N1CCCCC1. The fraction of sp³-hybridized carbons (Fsp3) is 0.900. The minimum Gasteiger partial charge on any atom is -0.354 e. The van der Waals surface area contributed by atoms with E-state index in [0.717, 1.165) is 25.9 Å². The first kappa shape index (κ1) is 11.3. The lowest BCUT2D eigenvalue weighted by Gasteiger charge is -2.25. The van der Waals surface area contributed by atoms with E-state index in [9.17, 15) is 4.79 Å². The van der Waals surface area contributed by atoms with E-state index in [-0.39, 0.29) is 6.09 Å². The van der Waals surface area contributed by atoms with Gasteiger partial charge in [0.2, 0.25) is 0 Å². The molecule has 1 heterocycles. The first-order valence-corrected chi connectivity index (χ1v) is 5.38. The lowest BCUT2D eigenvalue weighted by atomic mass is 10.1. The van der Waals surface area contributed by atoms with Crippen LogP contribution >= 0.6 is 0 Å². The van der Waals surface area contributed by atoms with E-state index in [1.165, 1.54) is 6.42 Å². The largest absolute Gasteiger partial charge is 0.428 e. The third kappa shape index (κ3) is 3.96. The summed E-state index contributed by atoms with van der Waals surface area (Å²) in [5.74, 6) is 0.490. The van der Waals surface area contributed by atoms with Crippen molar-refractivity contribution in [2.45, 2.75) is 33.1 Å². The molecule has 14 heavy (non-hydrogen) atoms. The third-order valence-corrected chi connectivity index (χ3v) is 2.27. The molecule has 1 fully saturated rings. The van der Waals surface area contributed by atoms with Gasteiger partial charge in [-0.15, -0.1) is 0 Å². The minimum absolute atomic E-state index is 0.231. The summed E-state index contributed by atoms with van der Waals surface area (Å²) in [6.45, 7) is 6.52. The summed E-state index contributed by atoms with van der Waals surface area (Å²) in [5, 5.41) is 0. The maximum Gasteiger partial charge on any atom is 0.428 e. The molecule has 82 valence electrons. The number of hydrogen-bond donors (Lipinski definition) is 1. The van der Waals surface area contributed by atoms with Gasteiger partial charge in [-0.2, -0.15) is 5.48 Å². The molecule has 0 bridgehead atoms. The number of likely N-dealkylation sites (tertiary alicyclic amines) is 1. The molecule has 1 amide bonds. The Morgan fingerprint density at radius 2 is 2.00 bits per heavy atom. The van der Waals surface area contributed by atoms with Crippen LogP contribution in [0.1, 0.15) is 33.1 Å². The maximum absolute atomic E-state index is 11.4. The van der Waals surface area contributed by atoms with E-state index < -0.39 is 0 Å². The van der Waals surface area contributed by atoms with Crippen molar-refractivity contribution in [3.63, 3.8) is 0 Å². The Labute approximate surface area is 85.6 Å². The predicted octanol–water partition coefficient (Wildman–Crippen LogP) is 1.77. The van der Waals surface area contributed by atoms with Crippen LogP contribution < -0.4 is 5.48 Å². The van der Waals surface area contributed by atoms with Crippen LogP contribution in [0.5, 0.6) is 0 Å². The summed E-state index contributed by atoms with van der Waals surface area (Å²) in [6, 6.07) is 0. The van der Waals surface area contributed by atoms with Gasteiger partial charge in [0.1, 0.15) is 0 Å². The van der Waals surface area contributed by atoms with Gasteiger partial charge in [0.25, 0.3) is 0 Å². The molecule has 1 N–H and O–H groups in total. The molecule has 1 aliphatic heterocycles. The Morgan fingerprint density at radius 3 is 2.57 bits per heavy atom. The zero-order valence-corrected chi connectivity index (χ0v) is 9.08. The molecular weight excluding hydrogens is 180 g/mol. The molecule has 0 saturated carbocycles. The van der Waals surface area contributed by atoms with Crippen molar-refractivity contribution in [1.82, 2.24) is 10.4 Å². The molecule has 0 aromatic carbocycles. The number of hydrogen-bond acceptors (Lipinski definition) is 3. The van der Waals surface area contributed by atoms with Crippen molar-refractivity contribution < 1.29 is 9.63 Å². The van der Waals surface area contributed by atoms with Crippen molar-refractivity contribution in [3.8, 4) is 0 Å². The first-order chi connectivity index (χ1) is 6.70. The predicted molar refractivity (Wildman–Crippen MR) is 54.7 cm³/mol. The molecule has 0 aromatic rings. The molecule has 1 rings (SSSR count). The van der Waals surface area contributed by atoms with Crippen LogP contribution in [-0.2, 0) is 4.84 Å². The molecule has 1 saturated heterocycles. The van der Waals surface area contributed by atoms with E-state index in [1.807, 2.05) is 0 Å². The highest BCUT2D eigenvalue weighted by Gasteiger charge is 2.17. The summed E-state index contributed by atoms with van der Waals surface area (Å²) < 4.78 is 0. The van der Waals surface area contributed by atoms with Gasteiger partial charge in [0.15, 0.2) is 0 Å². The van der Waals surface area contributed by atoms with Gasteiger partial charge in [0.05, 0.1) is 0 Å². The van der Waals surface area contributed by atoms with Gasteiger partial charge < -0.3 is 9.74 Å². The van der Waals surface area contributed by atoms with Crippen LogP contribution in [-0.4, -0.2) is 30.6 Å². The highest BCUT2D eigenvalue weighted by Crippen LogP contribution is 2.09. The van der Waals surface area contributed by atoms with E-state index in [2.05, 4.69) is 19.3 Å². The smallest absolute Gasteiger partial charge is 0.354 e. The van der Waals surface area contributed by atoms with E-state index >= 15 is 0 Å². The number of nitrogens with one attached hydrogen (secondary N) is 1. The summed E-state index contributed by atoms with van der Waals surface area (Å²) in [6.07, 6.45) is 3.19. The number of hydroxylamine groups is 1. The Balaban J connectivity index is 2.13. The van der Waals surface area contributed by atoms with Gasteiger partial charge in [0, 0.05) is 19.6 Å². The van der Waals surface area contributed by atoms with Crippen molar-refractivity contribution in [2.75, 3.05) is 19.6 Å². The average molecular weight is 200 g/mol. The fourth-order valence-corrected chi connectivity index (χ4v) is 1.41. The second kappa shape index (κ2) is 5.86. The molecular formula is C10H20N2O2. The van der Waals surface area contributed by atoms with E-state index in [4.69, 9.17) is 4.84 Å². The molecule has 4 nitrogen and oxygen atoms in total. The van der Waals surface area contributed by atoms with Gasteiger partial charge in [-0.1, -0.05) is 13.8 Å². The molecule has 0 aliphatic carbocycles. The Kier molecular flexibility index (Phi) is 4.73. The summed E-state index contributed by atoms with van der Waals surface area (Å²) in [4.78, 5) is 18.1. The van der Waals surface area contributed by atoms with E-state index in [1.54, 1.807) is 4.90 Å². The third-order valence-electron chi connectivity index (χ3n) is 2.27. The highest BCUT2D eigenvalue weighted by molar-refractivity contribution is 5.67. The second-order valence-electron chi connectivity index (χ2n) is 4.16. The van der Waals surface area contributed by atoms with Gasteiger partial charge in [-0.05, 0) is 25.2 Å². The normalized spacial score (nSPS) is 17.2. The second-order valence-corrected chi connectivity index (χ2v) is 4.16. The molecule has 0 spiro atoms. The molecule has 0 atom stereocenters. The Hall–Kier alpha value is -0.770. The Bertz CT molecular complexity index is 177. The quantitative estimate of drug-likeness (QED) is 0.706. The van der Waals surface area contributed by atoms with Crippen molar-refractivity contribution in [2.24, 2.45) is 5.92 Å². The Morgan fingerprint density at radius 1 is 1.36 bits per heavy atom. The zero-order valence-electron chi connectivity index (χ0n) is 9.08. The van der Waals surface area contributed by atoms with Crippen LogP contribution in [0.3, 0.4) is 0 Å². The first-order valence-electron chi connectivity index (χ1n) is 5.38. The zero-order chi connectivity index (χ0) is 10.4. The van der Waals surface area contributed by atoms with Crippen molar-refractivity contribution >= 4 is 6.09 Å². The summed E-state index contributed by atoms with van der Waals surface area (Å²) in [7, 11) is 0. The molecule has 0 unspecified atom stereocenters. The van der Waals surface area contributed by atoms with Crippen LogP contribution in [0.25, 0.3) is 0 Å². The van der Waals surface area contributed by atoms with Crippen LogP contribution in [0.4, 0.5) is 4.79 Å². The average Bonchev–Trinajstić information content (AvgIpc) is 2.18. The van der Waals surface area contributed by atoms with Crippen molar-refractivity contribution in [3.05, 3.63) is 0 Å². The van der Waals surface area contributed by atoms with E-state index in [0.29, 0.717) is 12.5 Å². The standard InChI is InChI=1S/C10H20N2O2/c1-9(2)8-11-14-10(13)12-6-4-3-5-7-12/h9,11H,3-8H2,1-2H3. The molecule has 1 aliphatic rings. The van der Waals surface area contributed by atoms with Crippen LogP contribution in [0.15, 0.2) is 0 Å². The summed E-state index contributed by atoms with van der Waals surface area (Å²) >= 11 is 0. The number of amides is 1. The van der Waals surface area contributed by atoms with Crippen LogP contribution in [0, 0.1) is 5.92 Å². The highest BCUT2D eigenvalue weighted by atomic mass is 16.7. The van der Waals surface area contributed by atoms with Gasteiger partial charge in [-0.25, -0.2) is 4.79 Å². The molecule has 0 radical (unpaired) electrons. The lowest BCUT2D eigenvalue weighted by Crippen LogP contribution is -2.39. The van der Waals surface area contributed by atoms with Crippen molar-refractivity contribution in [1.29, 1.82) is 0 Å². The molecule has 0 aromatic heterocycles.